The molecule has 0 unspecified atom stereocenters. The van der Waals surface area contributed by atoms with Gasteiger partial charge >= 0.3 is 11.9 Å². The molecule has 8 heteroatoms. The molecule has 3 aliphatic heterocycles. The van der Waals surface area contributed by atoms with Crippen molar-refractivity contribution in [1.29, 1.82) is 0 Å². The van der Waals surface area contributed by atoms with Gasteiger partial charge in [-0.15, -0.1) is 0 Å². The maximum absolute atomic E-state index is 12.1. The van der Waals surface area contributed by atoms with E-state index in [4.69, 9.17) is 18.9 Å². The number of esters is 2. The number of aliphatic hydroxyl groups excluding tert-OH is 1. The standard InChI is InChI=1S/C24H38O8/c1-11(2)16-17-18(24(7)21(32-24)19(16)29-12(3)25)14-10-22(5,28)15(27)8-9-23(6,20(17)30-14)31-13(4)26/h11,14-21,27-28H,8-10H2,1-7H3/t14-,15+,16-,17-,18-,19+,20-,21+,22+,23-,24-/m1/s1. The van der Waals surface area contributed by atoms with Crippen LogP contribution in [-0.2, 0) is 28.5 Å². The first-order chi connectivity index (χ1) is 14.7. The Kier molecular flexibility index (Phi) is 5.72. The van der Waals surface area contributed by atoms with E-state index in [9.17, 15) is 19.8 Å². The molecule has 2 N–H and O–H groups in total. The monoisotopic (exact) mass is 454 g/mol. The smallest absolute Gasteiger partial charge is 0.303 e. The van der Waals surface area contributed by atoms with Crippen molar-refractivity contribution in [3.63, 3.8) is 0 Å². The van der Waals surface area contributed by atoms with E-state index in [2.05, 4.69) is 13.8 Å². The summed E-state index contributed by atoms with van der Waals surface area (Å²) in [7, 11) is 0. The summed E-state index contributed by atoms with van der Waals surface area (Å²) in [4.78, 5) is 24.1. The van der Waals surface area contributed by atoms with Crippen LogP contribution in [-0.4, -0.2) is 69.5 Å². The van der Waals surface area contributed by atoms with Crippen LogP contribution in [0.5, 0.6) is 0 Å². The summed E-state index contributed by atoms with van der Waals surface area (Å²) in [5, 5.41) is 21.9. The summed E-state index contributed by atoms with van der Waals surface area (Å²) in [6, 6.07) is 0. The largest absolute Gasteiger partial charge is 0.459 e. The molecule has 4 rings (SSSR count). The third kappa shape index (κ3) is 3.67. The van der Waals surface area contributed by atoms with Crippen LogP contribution in [0, 0.1) is 23.7 Å². The lowest BCUT2D eigenvalue weighted by molar-refractivity contribution is -0.183. The van der Waals surface area contributed by atoms with Gasteiger partial charge in [0.05, 0.1) is 17.8 Å². The molecular weight excluding hydrogens is 416 g/mol. The number of epoxide rings is 1. The summed E-state index contributed by atoms with van der Waals surface area (Å²) >= 11 is 0. The normalized spacial score (nSPS) is 52.2. The van der Waals surface area contributed by atoms with E-state index in [-0.39, 0.29) is 48.6 Å². The number of fused-ring (bicyclic) bond motifs is 7. The van der Waals surface area contributed by atoms with Crippen molar-refractivity contribution in [2.45, 2.75) is 115 Å². The number of hydrogen-bond donors (Lipinski definition) is 2. The summed E-state index contributed by atoms with van der Waals surface area (Å²) < 4.78 is 24.6. The summed E-state index contributed by atoms with van der Waals surface area (Å²) in [6.45, 7) is 12.5. The summed E-state index contributed by atoms with van der Waals surface area (Å²) in [6.07, 6.45) is -1.64. The maximum Gasteiger partial charge on any atom is 0.303 e. The minimum atomic E-state index is -1.35. The molecule has 182 valence electrons. The Labute approximate surface area is 189 Å². The van der Waals surface area contributed by atoms with Crippen molar-refractivity contribution in [1.82, 2.24) is 0 Å². The fourth-order valence-corrected chi connectivity index (χ4v) is 7.05. The molecule has 0 aromatic carbocycles. The first kappa shape index (κ1) is 23.9. The van der Waals surface area contributed by atoms with Crippen molar-refractivity contribution >= 4 is 11.9 Å². The Morgan fingerprint density at radius 2 is 1.75 bits per heavy atom. The predicted octanol–water partition coefficient (Wildman–Crippen LogP) is 1.98. The average Bonchev–Trinajstić information content (AvgIpc) is 3.19. The van der Waals surface area contributed by atoms with Gasteiger partial charge < -0.3 is 29.2 Å². The molecular formula is C24H38O8. The minimum Gasteiger partial charge on any atom is -0.459 e. The second-order valence-corrected chi connectivity index (χ2v) is 11.3. The van der Waals surface area contributed by atoms with Gasteiger partial charge in [-0.1, -0.05) is 13.8 Å². The SMILES string of the molecule is CC(=O)O[C@H]1[C@H](C(C)C)[C@@H]2[C@@H]([C@H]3C[C@](C)(O)[C@@H](O)CC[C@@](C)(OC(C)=O)[C@@H]2O3)[C@@]2(C)O[C@@H]12. The quantitative estimate of drug-likeness (QED) is 0.491. The van der Waals surface area contributed by atoms with Crippen molar-refractivity contribution in [2.24, 2.45) is 23.7 Å². The number of rotatable bonds is 3. The van der Waals surface area contributed by atoms with E-state index in [0.717, 1.165) is 0 Å². The minimum absolute atomic E-state index is 0.0661. The van der Waals surface area contributed by atoms with Crippen LogP contribution in [0.3, 0.4) is 0 Å². The Morgan fingerprint density at radius 3 is 2.31 bits per heavy atom. The highest BCUT2D eigenvalue weighted by Gasteiger charge is 2.76. The Balaban J connectivity index is 1.83. The molecule has 0 radical (unpaired) electrons. The van der Waals surface area contributed by atoms with E-state index in [1.54, 1.807) is 6.92 Å². The number of aliphatic hydroxyl groups is 2. The average molecular weight is 455 g/mol. The van der Waals surface area contributed by atoms with Gasteiger partial charge in [0.2, 0.25) is 0 Å². The molecule has 0 spiro atoms. The van der Waals surface area contributed by atoms with E-state index >= 15 is 0 Å². The fraction of sp³-hybridized carbons (Fsp3) is 0.917. The molecule has 3 heterocycles. The molecule has 0 aromatic rings. The first-order valence-electron chi connectivity index (χ1n) is 11.8. The third-order valence-electron chi connectivity index (χ3n) is 8.46. The second kappa shape index (κ2) is 7.65. The van der Waals surface area contributed by atoms with Crippen molar-refractivity contribution in [3.05, 3.63) is 0 Å². The molecule has 2 bridgehead atoms. The zero-order chi connectivity index (χ0) is 23.8. The molecule has 8 nitrogen and oxygen atoms in total. The van der Waals surface area contributed by atoms with E-state index in [1.165, 1.54) is 13.8 Å². The van der Waals surface area contributed by atoms with Crippen LogP contribution < -0.4 is 0 Å². The van der Waals surface area contributed by atoms with Crippen LogP contribution in [0.2, 0.25) is 0 Å². The molecule has 32 heavy (non-hydrogen) atoms. The highest BCUT2D eigenvalue weighted by molar-refractivity contribution is 5.67. The molecule has 1 saturated carbocycles. The predicted molar refractivity (Wildman–Crippen MR) is 113 cm³/mol. The van der Waals surface area contributed by atoms with Crippen LogP contribution in [0.25, 0.3) is 0 Å². The van der Waals surface area contributed by atoms with Crippen LogP contribution >= 0.6 is 0 Å². The lowest BCUT2D eigenvalue weighted by Crippen LogP contribution is -2.58. The highest BCUT2D eigenvalue weighted by atomic mass is 16.7. The molecule has 0 aromatic heterocycles. The molecule has 4 aliphatic rings. The van der Waals surface area contributed by atoms with Crippen molar-refractivity contribution in [2.75, 3.05) is 0 Å². The number of ether oxygens (including phenoxy) is 4. The van der Waals surface area contributed by atoms with Gasteiger partial charge in [0.1, 0.15) is 29.5 Å². The van der Waals surface area contributed by atoms with E-state index in [0.29, 0.717) is 6.42 Å². The summed E-state index contributed by atoms with van der Waals surface area (Å²) in [5.74, 6) is -0.882. The number of carbonyl (C=O) groups is 2. The lowest BCUT2D eigenvalue weighted by atomic mass is 9.57. The van der Waals surface area contributed by atoms with Gasteiger partial charge in [0, 0.05) is 38.0 Å². The third-order valence-corrected chi connectivity index (χ3v) is 8.46. The van der Waals surface area contributed by atoms with Crippen molar-refractivity contribution in [3.8, 4) is 0 Å². The second-order valence-electron chi connectivity index (χ2n) is 11.3. The van der Waals surface area contributed by atoms with Crippen LogP contribution in [0.15, 0.2) is 0 Å². The van der Waals surface area contributed by atoms with Crippen LogP contribution in [0.1, 0.15) is 67.7 Å². The summed E-state index contributed by atoms with van der Waals surface area (Å²) in [5.41, 5.74) is -2.93. The van der Waals surface area contributed by atoms with Gasteiger partial charge in [-0.25, -0.2) is 0 Å². The van der Waals surface area contributed by atoms with Gasteiger partial charge in [-0.05, 0) is 39.5 Å². The van der Waals surface area contributed by atoms with E-state index < -0.39 is 47.2 Å². The maximum atomic E-state index is 12.1. The van der Waals surface area contributed by atoms with Crippen molar-refractivity contribution < 1.29 is 38.7 Å². The van der Waals surface area contributed by atoms with E-state index in [1.807, 2.05) is 13.8 Å². The first-order valence-corrected chi connectivity index (χ1v) is 11.8. The van der Waals surface area contributed by atoms with Gasteiger partial charge in [-0.3, -0.25) is 9.59 Å². The topological polar surface area (TPSA) is 115 Å². The Morgan fingerprint density at radius 1 is 1.09 bits per heavy atom. The molecule has 3 saturated heterocycles. The highest BCUT2D eigenvalue weighted by Crippen LogP contribution is 2.65. The number of hydrogen-bond acceptors (Lipinski definition) is 8. The number of carbonyl (C=O) groups excluding carboxylic acids is 2. The van der Waals surface area contributed by atoms with Gasteiger partial charge in [0.15, 0.2) is 0 Å². The molecule has 0 amide bonds. The van der Waals surface area contributed by atoms with Gasteiger partial charge in [0.25, 0.3) is 0 Å². The zero-order valence-corrected chi connectivity index (χ0v) is 20.2. The molecule has 1 aliphatic carbocycles. The van der Waals surface area contributed by atoms with Crippen LogP contribution in [0.4, 0.5) is 0 Å². The molecule has 11 atom stereocenters. The fourth-order valence-electron chi connectivity index (χ4n) is 7.05. The lowest BCUT2D eigenvalue weighted by Gasteiger charge is -2.47. The Hall–Kier alpha value is -1.22. The zero-order valence-electron chi connectivity index (χ0n) is 20.2. The Bertz CT molecular complexity index is 780. The van der Waals surface area contributed by atoms with Gasteiger partial charge in [-0.2, -0.15) is 0 Å². The molecule has 4 fully saturated rings.